The molecular weight excluding hydrogens is 326 g/mol. The molecule has 0 aromatic heterocycles. The van der Waals surface area contributed by atoms with Gasteiger partial charge in [0.2, 0.25) is 0 Å². The summed E-state index contributed by atoms with van der Waals surface area (Å²) in [6.45, 7) is 7.87. The van der Waals surface area contributed by atoms with Gasteiger partial charge in [0.05, 0.1) is 6.54 Å². The molecule has 0 spiro atoms. The minimum atomic E-state index is -0.149. The zero-order chi connectivity index (χ0) is 18.6. The van der Waals surface area contributed by atoms with Gasteiger partial charge >= 0.3 is 0 Å². The van der Waals surface area contributed by atoms with Gasteiger partial charge in [0.15, 0.2) is 0 Å². The van der Waals surface area contributed by atoms with Crippen LogP contribution in [0.3, 0.4) is 0 Å². The number of para-hydroxylation sites is 1. The molecule has 2 aromatic rings. The van der Waals surface area contributed by atoms with Gasteiger partial charge in [0.25, 0.3) is 0 Å². The predicted molar refractivity (Wildman–Crippen MR) is 104 cm³/mol. The third-order valence-corrected chi connectivity index (χ3v) is 4.75. The van der Waals surface area contributed by atoms with E-state index < -0.39 is 0 Å². The molecule has 4 atom stereocenters. The minimum Gasteiger partial charge on any atom is -0.633 e. The van der Waals surface area contributed by atoms with Gasteiger partial charge in [0.1, 0.15) is 36.8 Å². The van der Waals surface area contributed by atoms with Crippen LogP contribution in [0.25, 0.3) is 0 Å². The highest BCUT2D eigenvalue weighted by Crippen LogP contribution is 2.25. The third-order valence-electron chi connectivity index (χ3n) is 4.75. The normalized spacial score (nSPS) is 27.1. The highest BCUT2D eigenvalue weighted by atomic mass is 16.6. The molecule has 1 fully saturated rings. The average molecular weight is 355 g/mol. The van der Waals surface area contributed by atoms with Crippen molar-refractivity contribution < 1.29 is 14.1 Å². The molecule has 26 heavy (non-hydrogen) atoms. The Balaban J connectivity index is 1.60. The van der Waals surface area contributed by atoms with Crippen LogP contribution in [-0.2, 0) is 11.2 Å². The maximum Gasteiger partial charge on any atom is 0.127 e. The van der Waals surface area contributed by atoms with Crippen LogP contribution in [0, 0.1) is 11.1 Å². The van der Waals surface area contributed by atoms with E-state index in [1.54, 1.807) is 0 Å². The molecule has 0 saturated carbocycles. The van der Waals surface area contributed by atoms with Crippen molar-refractivity contribution in [3.8, 4) is 11.5 Å². The average Bonchev–Trinajstić information content (AvgIpc) is 2.54. The van der Waals surface area contributed by atoms with Crippen molar-refractivity contribution in [1.29, 1.82) is 0 Å². The highest BCUT2D eigenvalue weighted by Gasteiger charge is 2.32. The molecule has 3 rings (SSSR count). The Bertz CT molecular complexity index is 694. The van der Waals surface area contributed by atoms with E-state index in [1.807, 2.05) is 56.3 Å². The van der Waals surface area contributed by atoms with E-state index in [0.717, 1.165) is 17.9 Å². The Morgan fingerprint density at radius 1 is 1.04 bits per heavy atom. The summed E-state index contributed by atoms with van der Waals surface area (Å²) in [5.74, 6) is 1.97. The largest absolute Gasteiger partial charge is 0.633 e. The SMILES string of the molecule is CC(Cc1cccc(Oc2ccccc2)c1)C[N+]1([O-])C[C@@H](C)O[C@@H](C)C1. The van der Waals surface area contributed by atoms with Crippen LogP contribution in [0.4, 0.5) is 0 Å². The summed E-state index contributed by atoms with van der Waals surface area (Å²) < 4.78 is 11.5. The second kappa shape index (κ2) is 8.21. The van der Waals surface area contributed by atoms with Gasteiger partial charge in [-0.05, 0) is 50.1 Å². The molecule has 1 heterocycles. The summed E-state index contributed by atoms with van der Waals surface area (Å²) in [4.78, 5) is 0. The molecular formula is C22H29NO3. The van der Waals surface area contributed by atoms with Crippen molar-refractivity contribution in [1.82, 2.24) is 0 Å². The highest BCUT2D eigenvalue weighted by molar-refractivity contribution is 5.34. The molecule has 2 aromatic carbocycles. The van der Waals surface area contributed by atoms with Gasteiger partial charge in [-0.1, -0.05) is 37.3 Å². The van der Waals surface area contributed by atoms with Gasteiger partial charge < -0.3 is 19.3 Å². The van der Waals surface area contributed by atoms with E-state index in [-0.39, 0.29) is 16.9 Å². The molecule has 1 aliphatic heterocycles. The number of ether oxygens (including phenoxy) is 2. The fourth-order valence-corrected chi connectivity index (χ4v) is 4.04. The summed E-state index contributed by atoms with van der Waals surface area (Å²) in [7, 11) is 0. The van der Waals surface area contributed by atoms with Crippen LogP contribution in [0.5, 0.6) is 11.5 Å². The number of hydrogen-bond donors (Lipinski definition) is 0. The maximum atomic E-state index is 13.1. The van der Waals surface area contributed by atoms with E-state index in [4.69, 9.17) is 9.47 Å². The summed E-state index contributed by atoms with van der Waals surface area (Å²) in [6.07, 6.45) is 0.940. The molecule has 4 heteroatoms. The Morgan fingerprint density at radius 3 is 2.38 bits per heavy atom. The third kappa shape index (κ3) is 5.31. The van der Waals surface area contributed by atoms with Crippen molar-refractivity contribution in [3.63, 3.8) is 0 Å². The number of quaternary nitrogens is 1. The lowest BCUT2D eigenvalue weighted by atomic mass is 9.99. The first-order chi connectivity index (χ1) is 12.4. The van der Waals surface area contributed by atoms with Gasteiger partial charge in [0, 0.05) is 5.92 Å². The van der Waals surface area contributed by atoms with Crippen LogP contribution >= 0.6 is 0 Å². The fourth-order valence-electron chi connectivity index (χ4n) is 4.04. The smallest absolute Gasteiger partial charge is 0.127 e. The van der Waals surface area contributed by atoms with Crippen LogP contribution < -0.4 is 4.74 Å². The Morgan fingerprint density at radius 2 is 1.69 bits per heavy atom. The Hall–Kier alpha value is -1.88. The molecule has 2 unspecified atom stereocenters. The first kappa shape index (κ1) is 18.9. The summed E-state index contributed by atoms with van der Waals surface area (Å²) in [6, 6.07) is 17.9. The number of benzene rings is 2. The van der Waals surface area contributed by atoms with Crippen molar-refractivity contribution in [2.75, 3.05) is 19.6 Å². The number of hydrogen-bond acceptors (Lipinski definition) is 3. The lowest BCUT2D eigenvalue weighted by molar-refractivity contribution is -0.898. The van der Waals surface area contributed by atoms with Crippen LogP contribution in [0.2, 0.25) is 0 Å². The van der Waals surface area contributed by atoms with Gasteiger partial charge in [-0.25, -0.2) is 0 Å². The quantitative estimate of drug-likeness (QED) is 0.553. The van der Waals surface area contributed by atoms with E-state index >= 15 is 0 Å². The monoisotopic (exact) mass is 355 g/mol. The lowest BCUT2D eigenvalue weighted by Crippen LogP contribution is -2.57. The number of hydroxylamine groups is 3. The van der Waals surface area contributed by atoms with Crippen LogP contribution in [-0.4, -0.2) is 36.5 Å². The standard InChI is InChI=1S/C22H29NO3/c1-17(14-23(24)15-18(2)25-19(3)16-23)12-20-8-7-11-22(13-20)26-21-9-5-4-6-10-21/h4-11,13,17-19H,12,14-16H2,1-3H3/t17?,18-,19+,23?. The summed E-state index contributed by atoms with van der Waals surface area (Å²) in [5, 5.41) is 13.1. The molecule has 0 N–H and O–H groups in total. The van der Waals surface area contributed by atoms with Crippen molar-refractivity contribution in [2.45, 2.75) is 39.4 Å². The lowest BCUT2D eigenvalue weighted by Gasteiger charge is -2.50. The molecule has 1 aliphatic rings. The first-order valence-corrected chi connectivity index (χ1v) is 9.46. The first-order valence-electron chi connectivity index (χ1n) is 9.46. The zero-order valence-electron chi connectivity index (χ0n) is 15.9. The number of nitrogens with zero attached hydrogens (tertiary/aromatic N) is 1. The summed E-state index contributed by atoms with van der Waals surface area (Å²) >= 11 is 0. The second-order valence-corrected chi connectivity index (χ2v) is 7.73. The van der Waals surface area contributed by atoms with Gasteiger partial charge in [-0.3, -0.25) is 0 Å². The molecule has 1 saturated heterocycles. The molecule has 0 radical (unpaired) electrons. The number of rotatable bonds is 6. The Kier molecular flexibility index (Phi) is 5.97. The van der Waals surface area contributed by atoms with Crippen LogP contribution in [0.15, 0.2) is 54.6 Å². The molecule has 0 bridgehead atoms. The summed E-state index contributed by atoms with van der Waals surface area (Å²) in [5.41, 5.74) is 1.20. The molecule has 140 valence electrons. The topological polar surface area (TPSA) is 41.5 Å². The van der Waals surface area contributed by atoms with E-state index in [1.165, 1.54) is 5.56 Å². The van der Waals surface area contributed by atoms with Crippen molar-refractivity contribution >= 4 is 0 Å². The van der Waals surface area contributed by atoms with Crippen molar-refractivity contribution in [2.24, 2.45) is 5.92 Å². The molecule has 0 aliphatic carbocycles. The number of morpholine rings is 1. The van der Waals surface area contributed by atoms with Crippen LogP contribution in [0.1, 0.15) is 26.3 Å². The van der Waals surface area contributed by atoms with Gasteiger partial charge in [-0.2, -0.15) is 0 Å². The second-order valence-electron chi connectivity index (χ2n) is 7.73. The fraction of sp³-hybridized carbons (Fsp3) is 0.455. The maximum absolute atomic E-state index is 13.1. The van der Waals surface area contributed by atoms with E-state index in [9.17, 15) is 5.21 Å². The molecule has 0 amide bonds. The zero-order valence-corrected chi connectivity index (χ0v) is 15.9. The molecule has 4 nitrogen and oxygen atoms in total. The Labute approximate surface area is 156 Å². The van der Waals surface area contributed by atoms with E-state index in [2.05, 4.69) is 19.1 Å². The minimum absolute atomic E-state index is 0.0334. The van der Waals surface area contributed by atoms with Crippen molar-refractivity contribution in [3.05, 3.63) is 65.4 Å². The van der Waals surface area contributed by atoms with Gasteiger partial charge in [-0.15, -0.1) is 0 Å². The van der Waals surface area contributed by atoms with E-state index in [0.29, 0.717) is 25.6 Å². The predicted octanol–water partition coefficient (Wildman–Crippen LogP) is 4.78.